The van der Waals surface area contributed by atoms with E-state index in [9.17, 15) is 0 Å². The van der Waals surface area contributed by atoms with Crippen LogP contribution in [0.25, 0.3) is 0 Å². The Morgan fingerprint density at radius 2 is 1.94 bits per heavy atom. The van der Waals surface area contributed by atoms with Gasteiger partial charge in [-0.25, -0.2) is 4.68 Å². The van der Waals surface area contributed by atoms with Gasteiger partial charge in [0.25, 0.3) is 0 Å². The van der Waals surface area contributed by atoms with Gasteiger partial charge in [-0.15, -0.1) is 0 Å². The van der Waals surface area contributed by atoms with Crippen LogP contribution in [0.3, 0.4) is 0 Å². The number of hydrogen-bond donors (Lipinski definition) is 1. The molecule has 2 heterocycles. The lowest BCUT2D eigenvalue weighted by Crippen LogP contribution is -2.25. The van der Waals surface area contributed by atoms with Crippen LogP contribution in [-0.2, 0) is 6.54 Å². The van der Waals surface area contributed by atoms with Gasteiger partial charge in [0.1, 0.15) is 0 Å². The van der Waals surface area contributed by atoms with Crippen molar-refractivity contribution in [3.8, 4) is 0 Å². The molecule has 2 N–H and O–H groups in total. The number of aromatic nitrogens is 2. The highest BCUT2D eigenvalue weighted by Crippen LogP contribution is 2.41. The van der Waals surface area contributed by atoms with Crippen molar-refractivity contribution in [2.75, 3.05) is 23.7 Å². The van der Waals surface area contributed by atoms with E-state index < -0.39 is 0 Å². The summed E-state index contributed by atoms with van der Waals surface area (Å²) in [5.74, 6) is 2.98. The summed E-state index contributed by atoms with van der Waals surface area (Å²) in [7, 11) is 0. The van der Waals surface area contributed by atoms with Crippen LogP contribution in [0.1, 0.15) is 38.3 Å². The van der Waals surface area contributed by atoms with Crippen molar-refractivity contribution in [1.82, 2.24) is 9.78 Å². The second-order valence-electron chi connectivity index (χ2n) is 5.90. The molecule has 1 aromatic rings. The standard InChI is InChI=1S/C14H24N4/c1-3-7-18-14(13(15)10(2)16-18)17-8-11-5-4-6-12(11)9-17/h11-12H,3-9,15H2,1-2H3. The zero-order chi connectivity index (χ0) is 12.7. The highest BCUT2D eigenvalue weighted by atomic mass is 15.4. The van der Waals surface area contributed by atoms with Gasteiger partial charge in [-0.1, -0.05) is 13.3 Å². The van der Waals surface area contributed by atoms with E-state index in [0.29, 0.717) is 0 Å². The third-order valence-corrected chi connectivity index (χ3v) is 4.61. The Kier molecular flexibility index (Phi) is 2.96. The number of nitrogen functional groups attached to an aromatic ring is 1. The topological polar surface area (TPSA) is 47.1 Å². The van der Waals surface area contributed by atoms with E-state index in [1.165, 1.54) is 38.2 Å². The maximum absolute atomic E-state index is 6.24. The van der Waals surface area contributed by atoms with Gasteiger partial charge in [-0.3, -0.25) is 0 Å². The molecule has 2 fully saturated rings. The van der Waals surface area contributed by atoms with Crippen molar-refractivity contribution in [3.05, 3.63) is 5.69 Å². The predicted molar refractivity (Wildman–Crippen MR) is 74.7 cm³/mol. The molecule has 2 aliphatic rings. The lowest BCUT2D eigenvalue weighted by atomic mass is 10.0. The van der Waals surface area contributed by atoms with E-state index in [1.54, 1.807) is 0 Å². The van der Waals surface area contributed by atoms with Crippen molar-refractivity contribution in [2.24, 2.45) is 11.8 Å². The number of nitrogens with zero attached hydrogens (tertiary/aromatic N) is 3. The first-order valence-electron chi connectivity index (χ1n) is 7.28. The molecule has 100 valence electrons. The van der Waals surface area contributed by atoms with Crippen LogP contribution in [0.4, 0.5) is 11.5 Å². The molecular weight excluding hydrogens is 224 g/mol. The normalized spacial score (nSPS) is 26.9. The Hall–Kier alpha value is -1.19. The summed E-state index contributed by atoms with van der Waals surface area (Å²) < 4.78 is 2.12. The summed E-state index contributed by atoms with van der Waals surface area (Å²) in [5.41, 5.74) is 8.11. The number of hydrogen-bond acceptors (Lipinski definition) is 3. The van der Waals surface area contributed by atoms with Crippen molar-refractivity contribution >= 4 is 11.5 Å². The molecule has 2 atom stereocenters. The Bertz CT molecular complexity index is 425. The summed E-state index contributed by atoms with van der Waals surface area (Å²) >= 11 is 0. The molecule has 4 heteroatoms. The number of nitrogens with two attached hydrogens (primary N) is 1. The maximum atomic E-state index is 6.24. The molecule has 1 saturated heterocycles. The minimum absolute atomic E-state index is 0.892. The second kappa shape index (κ2) is 4.48. The van der Waals surface area contributed by atoms with Gasteiger partial charge in [-0.05, 0) is 38.0 Å². The van der Waals surface area contributed by atoms with E-state index in [2.05, 4.69) is 21.6 Å². The van der Waals surface area contributed by atoms with Crippen molar-refractivity contribution in [2.45, 2.75) is 46.1 Å². The molecule has 0 aromatic carbocycles. The van der Waals surface area contributed by atoms with Gasteiger partial charge in [0.15, 0.2) is 5.82 Å². The fourth-order valence-corrected chi connectivity index (χ4v) is 3.69. The second-order valence-corrected chi connectivity index (χ2v) is 5.90. The molecule has 0 radical (unpaired) electrons. The van der Waals surface area contributed by atoms with Crippen LogP contribution < -0.4 is 10.6 Å². The Labute approximate surface area is 109 Å². The summed E-state index contributed by atoms with van der Waals surface area (Å²) in [6.45, 7) is 7.55. The monoisotopic (exact) mass is 248 g/mol. The molecule has 1 aromatic heterocycles. The Morgan fingerprint density at radius 1 is 1.28 bits per heavy atom. The molecule has 1 aliphatic carbocycles. The highest BCUT2D eigenvalue weighted by molar-refractivity contribution is 5.66. The largest absolute Gasteiger partial charge is 0.394 e. The summed E-state index contributed by atoms with van der Waals surface area (Å²) in [6.07, 6.45) is 5.34. The van der Waals surface area contributed by atoms with E-state index in [4.69, 9.17) is 5.73 Å². The van der Waals surface area contributed by atoms with Crippen molar-refractivity contribution in [1.29, 1.82) is 0 Å². The van der Waals surface area contributed by atoms with E-state index >= 15 is 0 Å². The SMILES string of the molecule is CCCn1nc(C)c(N)c1N1CC2CCCC2C1. The number of aryl methyl sites for hydroxylation is 2. The Balaban J connectivity index is 1.87. The molecule has 4 nitrogen and oxygen atoms in total. The zero-order valence-electron chi connectivity index (χ0n) is 11.5. The van der Waals surface area contributed by atoms with Gasteiger partial charge in [0.05, 0.1) is 11.4 Å². The molecule has 1 aliphatic heterocycles. The molecule has 2 unspecified atom stereocenters. The minimum atomic E-state index is 0.892. The minimum Gasteiger partial charge on any atom is -0.394 e. The Morgan fingerprint density at radius 3 is 2.56 bits per heavy atom. The van der Waals surface area contributed by atoms with Gasteiger partial charge >= 0.3 is 0 Å². The van der Waals surface area contributed by atoms with E-state index in [1.807, 2.05) is 6.92 Å². The molecule has 0 bridgehead atoms. The third-order valence-electron chi connectivity index (χ3n) is 4.61. The van der Waals surface area contributed by atoms with E-state index in [0.717, 1.165) is 36.2 Å². The van der Waals surface area contributed by atoms with Crippen LogP contribution in [0.2, 0.25) is 0 Å². The molecule has 3 rings (SSSR count). The van der Waals surface area contributed by atoms with Crippen LogP contribution in [0.15, 0.2) is 0 Å². The number of rotatable bonds is 3. The molecule has 1 saturated carbocycles. The summed E-state index contributed by atoms with van der Waals surface area (Å²) in [5, 5.41) is 4.59. The average Bonchev–Trinajstić information content (AvgIpc) is 2.95. The quantitative estimate of drug-likeness (QED) is 0.893. The smallest absolute Gasteiger partial charge is 0.150 e. The molecular formula is C14H24N4. The molecule has 0 amide bonds. The van der Waals surface area contributed by atoms with E-state index in [-0.39, 0.29) is 0 Å². The fourth-order valence-electron chi connectivity index (χ4n) is 3.69. The van der Waals surface area contributed by atoms with Gasteiger partial charge in [0, 0.05) is 19.6 Å². The molecule has 18 heavy (non-hydrogen) atoms. The van der Waals surface area contributed by atoms with Gasteiger partial charge in [0.2, 0.25) is 0 Å². The zero-order valence-corrected chi connectivity index (χ0v) is 11.5. The summed E-state index contributed by atoms with van der Waals surface area (Å²) in [6, 6.07) is 0. The van der Waals surface area contributed by atoms with Crippen LogP contribution in [0, 0.1) is 18.8 Å². The first-order chi connectivity index (χ1) is 8.70. The van der Waals surface area contributed by atoms with Crippen LogP contribution in [0.5, 0.6) is 0 Å². The lowest BCUT2D eigenvalue weighted by molar-refractivity contribution is 0.494. The number of anilines is 2. The van der Waals surface area contributed by atoms with Crippen molar-refractivity contribution in [3.63, 3.8) is 0 Å². The van der Waals surface area contributed by atoms with Gasteiger partial charge in [-0.2, -0.15) is 5.10 Å². The van der Waals surface area contributed by atoms with Crippen molar-refractivity contribution < 1.29 is 0 Å². The van der Waals surface area contributed by atoms with Gasteiger partial charge < -0.3 is 10.6 Å². The third kappa shape index (κ3) is 1.78. The first-order valence-corrected chi connectivity index (χ1v) is 7.28. The summed E-state index contributed by atoms with van der Waals surface area (Å²) in [4.78, 5) is 2.49. The van der Waals surface area contributed by atoms with Crippen LogP contribution in [-0.4, -0.2) is 22.9 Å². The lowest BCUT2D eigenvalue weighted by Gasteiger charge is -2.21. The van der Waals surface area contributed by atoms with Crippen LogP contribution >= 0.6 is 0 Å². The fraction of sp³-hybridized carbons (Fsp3) is 0.786. The molecule has 0 spiro atoms. The predicted octanol–water partition coefficient (Wildman–Crippen LogP) is 2.42. The first kappa shape index (κ1) is 11.9. The number of fused-ring (bicyclic) bond motifs is 1. The highest BCUT2D eigenvalue weighted by Gasteiger charge is 2.38. The average molecular weight is 248 g/mol. The maximum Gasteiger partial charge on any atom is 0.150 e.